The Kier molecular flexibility index (Phi) is 25.2. The first-order valence-corrected chi connectivity index (χ1v) is 17.1. The first-order valence-electron chi connectivity index (χ1n) is 15.6. The highest BCUT2D eigenvalue weighted by Gasteiger charge is 2.28. The van der Waals surface area contributed by atoms with Crippen molar-refractivity contribution in [1.82, 2.24) is 5.32 Å². The molecule has 3 unspecified atom stereocenters. The fourth-order valence-corrected chi connectivity index (χ4v) is 4.89. The van der Waals surface area contributed by atoms with E-state index in [0.29, 0.717) is 12.8 Å². The standard InChI is InChI=1S/C29H56NO10P/c1-3-5-7-8-9-10-11-12-13-14-15-16-17-18-19-21-28(33)38-22-25(31)23-39-41(36,37)40-24-26(29(34)35)30-27(32)20-6-4-2/h25-26,31H,3-24H2,1-2H3,(H,30,32)(H,34,35)(H,36,37). The molecule has 0 aromatic heterocycles. The van der Waals surface area contributed by atoms with Crippen molar-refractivity contribution >= 4 is 25.7 Å². The molecule has 0 saturated carbocycles. The molecular weight excluding hydrogens is 553 g/mol. The lowest BCUT2D eigenvalue weighted by Gasteiger charge is -2.18. The maximum atomic E-state index is 12.0. The second-order valence-electron chi connectivity index (χ2n) is 10.7. The van der Waals surface area contributed by atoms with Gasteiger partial charge in [0.2, 0.25) is 5.91 Å². The highest BCUT2D eigenvalue weighted by molar-refractivity contribution is 7.47. The third kappa shape index (κ3) is 25.9. The van der Waals surface area contributed by atoms with E-state index in [1.54, 1.807) is 0 Å². The van der Waals surface area contributed by atoms with Crippen LogP contribution in [-0.2, 0) is 32.7 Å². The molecule has 0 aromatic rings. The van der Waals surface area contributed by atoms with Gasteiger partial charge in [0.15, 0.2) is 6.04 Å². The minimum absolute atomic E-state index is 0.123. The van der Waals surface area contributed by atoms with Crippen LogP contribution >= 0.6 is 7.82 Å². The summed E-state index contributed by atoms with van der Waals surface area (Å²) in [6, 6.07) is -1.53. The summed E-state index contributed by atoms with van der Waals surface area (Å²) in [6.45, 7) is 2.24. The summed E-state index contributed by atoms with van der Waals surface area (Å²) < 4.78 is 26.3. The maximum absolute atomic E-state index is 12.0. The summed E-state index contributed by atoms with van der Waals surface area (Å²) in [7, 11) is -4.71. The predicted molar refractivity (Wildman–Crippen MR) is 157 cm³/mol. The number of carbonyl (C=O) groups is 3. The Bertz CT molecular complexity index is 736. The van der Waals surface area contributed by atoms with Gasteiger partial charge in [0.25, 0.3) is 0 Å². The van der Waals surface area contributed by atoms with E-state index in [0.717, 1.165) is 25.7 Å². The fraction of sp³-hybridized carbons (Fsp3) is 0.897. The smallest absolute Gasteiger partial charge is 0.472 e. The van der Waals surface area contributed by atoms with E-state index in [-0.39, 0.29) is 12.8 Å². The molecule has 0 rings (SSSR count). The molecule has 0 aliphatic rings. The molecule has 4 N–H and O–H groups in total. The number of hydrogen-bond acceptors (Lipinski definition) is 8. The molecule has 0 spiro atoms. The van der Waals surface area contributed by atoms with Gasteiger partial charge in [0, 0.05) is 12.8 Å². The molecular formula is C29H56NO10P. The first kappa shape index (κ1) is 39.5. The van der Waals surface area contributed by atoms with E-state index < -0.39 is 57.6 Å². The van der Waals surface area contributed by atoms with Crippen molar-refractivity contribution in [2.24, 2.45) is 0 Å². The summed E-state index contributed by atoms with van der Waals surface area (Å²) in [5.41, 5.74) is 0. The monoisotopic (exact) mass is 609 g/mol. The number of carboxylic acids is 1. The van der Waals surface area contributed by atoms with Crippen LogP contribution in [0.1, 0.15) is 136 Å². The maximum Gasteiger partial charge on any atom is 0.472 e. The van der Waals surface area contributed by atoms with Crippen LogP contribution in [0.5, 0.6) is 0 Å². The van der Waals surface area contributed by atoms with Crippen molar-refractivity contribution in [2.75, 3.05) is 19.8 Å². The van der Waals surface area contributed by atoms with Crippen LogP contribution in [0.4, 0.5) is 0 Å². The van der Waals surface area contributed by atoms with Gasteiger partial charge >= 0.3 is 19.8 Å². The number of hydrogen-bond donors (Lipinski definition) is 4. The van der Waals surface area contributed by atoms with Crippen LogP contribution in [0.25, 0.3) is 0 Å². The molecule has 3 atom stereocenters. The van der Waals surface area contributed by atoms with Crippen LogP contribution in [-0.4, -0.2) is 64.9 Å². The van der Waals surface area contributed by atoms with Crippen LogP contribution in [0.2, 0.25) is 0 Å². The summed E-state index contributed by atoms with van der Waals surface area (Å²) in [5.74, 6) is -2.42. The molecule has 0 radical (unpaired) electrons. The number of aliphatic hydroxyl groups is 1. The number of aliphatic carboxylic acids is 1. The normalized spacial score (nSPS) is 14.2. The Morgan fingerprint density at radius 3 is 1.63 bits per heavy atom. The minimum atomic E-state index is -4.71. The predicted octanol–water partition coefficient (Wildman–Crippen LogP) is 6.05. The SMILES string of the molecule is CCCCCCCCCCCCCCCCCC(=O)OCC(O)COP(=O)(O)OCC(NC(=O)CCCC)C(=O)O. The summed E-state index contributed by atoms with van der Waals surface area (Å²) in [6.07, 6.45) is 18.7. The van der Waals surface area contributed by atoms with Gasteiger partial charge in [-0.1, -0.05) is 110 Å². The van der Waals surface area contributed by atoms with E-state index >= 15 is 0 Å². The molecule has 11 nitrogen and oxygen atoms in total. The Morgan fingerprint density at radius 1 is 0.683 bits per heavy atom. The zero-order valence-corrected chi connectivity index (χ0v) is 26.3. The Balaban J connectivity index is 3.82. The number of rotatable bonds is 29. The number of amides is 1. The molecule has 0 aromatic carbocycles. The number of esters is 1. The van der Waals surface area contributed by atoms with Gasteiger partial charge in [0.1, 0.15) is 12.7 Å². The number of ether oxygens (including phenoxy) is 1. The second kappa shape index (κ2) is 26.1. The van der Waals surface area contributed by atoms with Gasteiger partial charge in [-0.2, -0.15) is 0 Å². The molecule has 0 aliphatic heterocycles. The summed E-state index contributed by atoms with van der Waals surface area (Å²) in [4.78, 5) is 44.6. The highest BCUT2D eigenvalue weighted by Crippen LogP contribution is 2.43. The molecule has 12 heteroatoms. The fourth-order valence-electron chi connectivity index (χ4n) is 4.11. The van der Waals surface area contributed by atoms with Crippen molar-refractivity contribution in [1.29, 1.82) is 0 Å². The second-order valence-corrected chi connectivity index (χ2v) is 12.1. The third-order valence-electron chi connectivity index (χ3n) is 6.65. The van der Waals surface area contributed by atoms with Crippen molar-refractivity contribution < 1.29 is 47.8 Å². The third-order valence-corrected chi connectivity index (χ3v) is 7.60. The minimum Gasteiger partial charge on any atom is -0.480 e. The average Bonchev–Trinajstić information content (AvgIpc) is 2.93. The molecule has 41 heavy (non-hydrogen) atoms. The van der Waals surface area contributed by atoms with Crippen molar-refractivity contribution in [2.45, 2.75) is 148 Å². The van der Waals surface area contributed by atoms with Crippen LogP contribution in [0, 0.1) is 0 Å². The highest BCUT2D eigenvalue weighted by atomic mass is 31.2. The van der Waals surface area contributed by atoms with Gasteiger partial charge < -0.3 is 25.2 Å². The number of unbranched alkanes of at least 4 members (excludes halogenated alkanes) is 15. The molecule has 242 valence electrons. The number of carbonyl (C=O) groups excluding carboxylic acids is 2. The van der Waals surface area contributed by atoms with Gasteiger partial charge in [-0.05, 0) is 12.8 Å². The average molecular weight is 610 g/mol. The zero-order chi connectivity index (χ0) is 30.8. The number of nitrogens with one attached hydrogen (secondary N) is 1. The number of aliphatic hydroxyl groups excluding tert-OH is 1. The zero-order valence-electron chi connectivity index (χ0n) is 25.4. The Morgan fingerprint density at radius 2 is 1.15 bits per heavy atom. The van der Waals surface area contributed by atoms with Gasteiger partial charge in [-0.3, -0.25) is 18.6 Å². The van der Waals surface area contributed by atoms with Crippen molar-refractivity contribution in [3.8, 4) is 0 Å². The van der Waals surface area contributed by atoms with E-state index in [1.807, 2.05) is 6.92 Å². The number of phosphoric acid groups is 1. The molecule has 0 aliphatic carbocycles. The van der Waals surface area contributed by atoms with Crippen molar-refractivity contribution in [3.05, 3.63) is 0 Å². The molecule has 0 bridgehead atoms. The molecule has 1 amide bonds. The van der Waals surface area contributed by atoms with Gasteiger partial charge in [-0.25, -0.2) is 9.36 Å². The summed E-state index contributed by atoms with van der Waals surface area (Å²) >= 11 is 0. The van der Waals surface area contributed by atoms with E-state index in [2.05, 4.69) is 21.3 Å². The van der Waals surface area contributed by atoms with E-state index in [9.17, 15) is 34.1 Å². The van der Waals surface area contributed by atoms with Crippen LogP contribution < -0.4 is 5.32 Å². The van der Waals surface area contributed by atoms with Crippen LogP contribution in [0.3, 0.4) is 0 Å². The van der Waals surface area contributed by atoms with Crippen LogP contribution in [0.15, 0.2) is 0 Å². The largest absolute Gasteiger partial charge is 0.480 e. The molecule has 0 saturated heterocycles. The van der Waals surface area contributed by atoms with E-state index in [4.69, 9.17) is 4.74 Å². The topological polar surface area (TPSA) is 169 Å². The van der Waals surface area contributed by atoms with Gasteiger partial charge in [0.05, 0.1) is 13.2 Å². The number of phosphoric ester groups is 1. The first-order chi connectivity index (χ1) is 19.6. The Hall–Kier alpha value is -1.52. The number of carboxylic acid groups (broad SMARTS) is 1. The lowest BCUT2D eigenvalue weighted by Crippen LogP contribution is -2.43. The quantitative estimate of drug-likeness (QED) is 0.0445. The molecule has 0 fully saturated rings. The van der Waals surface area contributed by atoms with E-state index in [1.165, 1.54) is 70.6 Å². The lowest BCUT2D eigenvalue weighted by atomic mass is 10.0. The molecule has 0 heterocycles. The van der Waals surface area contributed by atoms with Crippen molar-refractivity contribution in [3.63, 3.8) is 0 Å². The summed E-state index contributed by atoms with van der Waals surface area (Å²) in [5, 5.41) is 21.3. The lowest BCUT2D eigenvalue weighted by molar-refractivity contribution is -0.147. The van der Waals surface area contributed by atoms with Gasteiger partial charge in [-0.15, -0.1) is 0 Å². The Labute approximate surface area is 246 Å².